The average Bonchev–Trinajstić information content (AvgIpc) is 2.40. The van der Waals surface area contributed by atoms with E-state index >= 15 is 0 Å². The number of nitrogens with one attached hydrogen (secondary N) is 1. The van der Waals surface area contributed by atoms with Gasteiger partial charge in [-0.1, -0.05) is 0 Å². The summed E-state index contributed by atoms with van der Waals surface area (Å²) in [5, 5.41) is 0. The third kappa shape index (κ3) is 5.96. The highest BCUT2D eigenvalue weighted by Gasteiger charge is 2.20. The molecule has 0 fully saturated rings. The lowest BCUT2D eigenvalue weighted by atomic mass is 10.3. The van der Waals surface area contributed by atoms with Crippen LogP contribution >= 0.6 is 0 Å². The normalized spacial score (nSPS) is 13.1. The number of hydrogen-bond donors (Lipinski definition) is 2. The Balaban J connectivity index is 2.89. The van der Waals surface area contributed by atoms with E-state index in [2.05, 4.69) is 4.72 Å². The van der Waals surface area contributed by atoms with E-state index in [-0.39, 0.29) is 29.8 Å². The van der Waals surface area contributed by atoms with Crippen molar-refractivity contribution in [3.63, 3.8) is 0 Å². The smallest absolute Gasteiger partial charge is 0.244 e. The van der Waals surface area contributed by atoms with Gasteiger partial charge in [0, 0.05) is 19.7 Å². The van der Waals surface area contributed by atoms with Gasteiger partial charge in [-0.2, -0.15) is 0 Å². The molecular weight excluding hydrogens is 299 g/mol. The second kappa shape index (κ2) is 8.28. The first-order valence-electron chi connectivity index (χ1n) is 6.53. The summed E-state index contributed by atoms with van der Waals surface area (Å²) >= 11 is 0. The van der Waals surface area contributed by atoms with Crippen molar-refractivity contribution in [1.29, 1.82) is 0 Å². The second-order valence-corrected chi connectivity index (χ2v) is 6.33. The SMILES string of the molecule is COCCOc1ccc(F)cc1S(=O)(=O)NCCC(C)N. The van der Waals surface area contributed by atoms with E-state index in [0.29, 0.717) is 13.0 Å². The van der Waals surface area contributed by atoms with E-state index in [4.69, 9.17) is 15.2 Å². The molecule has 0 saturated heterocycles. The lowest BCUT2D eigenvalue weighted by Crippen LogP contribution is -2.29. The third-order valence-corrected chi connectivity index (χ3v) is 4.11. The largest absolute Gasteiger partial charge is 0.490 e. The zero-order valence-electron chi connectivity index (χ0n) is 12.1. The van der Waals surface area contributed by atoms with Gasteiger partial charge in [0.25, 0.3) is 0 Å². The Morgan fingerprint density at radius 2 is 2.10 bits per heavy atom. The lowest BCUT2D eigenvalue weighted by molar-refractivity contribution is 0.144. The van der Waals surface area contributed by atoms with Crippen LogP contribution in [0.25, 0.3) is 0 Å². The first-order valence-corrected chi connectivity index (χ1v) is 8.01. The Bertz CT molecular complexity index is 549. The maximum absolute atomic E-state index is 13.3. The molecule has 3 N–H and O–H groups in total. The molecule has 1 unspecified atom stereocenters. The molecule has 0 bridgehead atoms. The van der Waals surface area contributed by atoms with Gasteiger partial charge in [-0.15, -0.1) is 0 Å². The molecule has 0 aromatic heterocycles. The summed E-state index contributed by atoms with van der Waals surface area (Å²) in [6, 6.07) is 3.22. The molecule has 0 saturated carbocycles. The number of hydrogen-bond acceptors (Lipinski definition) is 5. The van der Waals surface area contributed by atoms with E-state index in [1.807, 2.05) is 0 Å². The van der Waals surface area contributed by atoms with Gasteiger partial charge in [0.2, 0.25) is 10.0 Å². The highest BCUT2D eigenvalue weighted by atomic mass is 32.2. The summed E-state index contributed by atoms with van der Waals surface area (Å²) in [6.45, 7) is 2.42. The summed E-state index contributed by atoms with van der Waals surface area (Å²) in [7, 11) is -2.36. The van der Waals surface area contributed by atoms with Crippen LogP contribution in [-0.2, 0) is 14.8 Å². The molecular formula is C13H21FN2O4S. The van der Waals surface area contributed by atoms with Crippen molar-refractivity contribution < 1.29 is 22.3 Å². The Morgan fingerprint density at radius 1 is 1.38 bits per heavy atom. The summed E-state index contributed by atoms with van der Waals surface area (Å²) in [5.74, 6) is -0.566. The molecule has 120 valence electrons. The zero-order chi connectivity index (χ0) is 15.9. The van der Waals surface area contributed by atoms with Gasteiger partial charge in [0.15, 0.2) is 0 Å². The summed E-state index contributed by atoms with van der Waals surface area (Å²) in [5.41, 5.74) is 5.56. The number of benzene rings is 1. The molecule has 1 aromatic rings. The number of methoxy groups -OCH3 is 1. The molecule has 1 rings (SSSR count). The molecule has 0 aliphatic heterocycles. The molecule has 21 heavy (non-hydrogen) atoms. The van der Waals surface area contributed by atoms with Crippen LogP contribution in [0.5, 0.6) is 5.75 Å². The van der Waals surface area contributed by atoms with Gasteiger partial charge in [0.05, 0.1) is 6.61 Å². The van der Waals surface area contributed by atoms with E-state index < -0.39 is 15.8 Å². The van der Waals surface area contributed by atoms with Crippen molar-refractivity contribution in [3.05, 3.63) is 24.0 Å². The fraction of sp³-hybridized carbons (Fsp3) is 0.538. The molecule has 8 heteroatoms. The quantitative estimate of drug-likeness (QED) is 0.659. The Labute approximate surface area is 124 Å². The Hall–Kier alpha value is -1.22. The van der Waals surface area contributed by atoms with Crippen LogP contribution in [0.4, 0.5) is 4.39 Å². The molecule has 0 amide bonds. The van der Waals surface area contributed by atoms with Crippen molar-refractivity contribution in [2.24, 2.45) is 5.73 Å². The van der Waals surface area contributed by atoms with E-state index in [1.165, 1.54) is 13.2 Å². The van der Waals surface area contributed by atoms with Crippen LogP contribution in [0.15, 0.2) is 23.1 Å². The number of halogens is 1. The zero-order valence-corrected chi connectivity index (χ0v) is 13.0. The molecule has 1 atom stereocenters. The molecule has 1 aromatic carbocycles. The fourth-order valence-electron chi connectivity index (χ4n) is 1.54. The van der Waals surface area contributed by atoms with Crippen LogP contribution in [-0.4, -0.2) is 41.3 Å². The highest BCUT2D eigenvalue weighted by Crippen LogP contribution is 2.24. The standard InChI is InChI=1S/C13H21FN2O4S/c1-10(15)5-6-16-21(17,18)13-9-11(14)3-4-12(13)20-8-7-19-2/h3-4,9-10,16H,5-8,15H2,1-2H3. The topological polar surface area (TPSA) is 90.6 Å². The predicted molar refractivity (Wildman–Crippen MR) is 77.2 cm³/mol. The molecule has 6 nitrogen and oxygen atoms in total. The van der Waals surface area contributed by atoms with Crippen molar-refractivity contribution in [2.45, 2.75) is 24.3 Å². The summed E-state index contributed by atoms with van der Waals surface area (Å²) < 4.78 is 50.2. The number of ether oxygens (including phenoxy) is 2. The predicted octanol–water partition coefficient (Wildman–Crippen LogP) is 0.867. The van der Waals surface area contributed by atoms with Crippen LogP contribution in [0.1, 0.15) is 13.3 Å². The Morgan fingerprint density at radius 3 is 2.71 bits per heavy atom. The molecule has 0 spiro atoms. The van der Waals surface area contributed by atoms with Crippen LogP contribution < -0.4 is 15.2 Å². The Kier molecular flexibility index (Phi) is 7.03. The third-order valence-electron chi connectivity index (χ3n) is 2.63. The van der Waals surface area contributed by atoms with Crippen molar-refractivity contribution in [1.82, 2.24) is 4.72 Å². The first kappa shape index (κ1) is 17.8. The van der Waals surface area contributed by atoms with Gasteiger partial charge in [-0.25, -0.2) is 17.5 Å². The monoisotopic (exact) mass is 320 g/mol. The second-order valence-electron chi connectivity index (χ2n) is 4.60. The first-order chi connectivity index (χ1) is 9.86. The number of sulfonamides is 1. The lowest BCUT2D eigenvalue weighted by Gasteiger charge is -2.13. The maximum Gasteiger partial charge on any atom is 0.244 e. The maximum atomic E-state index is 13.3. The van der Waals surface area contributed by atoms with E-state index in [0.717, 1.165) is 12.1 Å². The number of nitrogens with two attached hydrogens (primary N) is 1. The van der Waals surface area contributed by atoms with E-state index in [9.17, 15) is 12.8 Å². The van der Waals surface area contributed by atoms with Crippen molar-refractivity contribution in [3.8, 4) is 5.75 Å². The fourth-order valence-corrected chi connectivity index (χ4v) is 2.75. The van der Waals surface area contributed by atoms with Gasteiger partial charge < -0.3 is 15.2 Å². The average molecular weight is 320 g/mol. The van der Waals surface area contributed by atoms with Crippen LogP contribution in [0, 0.1) is 5.82 Å². The van der Waals surface area contributed by atoms with Crippen LogP contribution in [0.2, 0.25) is 0 Å². The van der Waals surface area contributed by atoms with Gasteiger partial charge >= 0.3 is 0 Å². The molecule has 0 heterocycles. The van der Waals surface area contributed by atoms with Crippen molar-refractivity contribution >= 4 is 10.0 Å². The molecule has 0 aliphatic rings. The van der Waals surface area contributed by atoms with Gasteiger partial charge in [0.1, 0.15) is 23.1 Å². The highest BCUT2D eigenvalue weighted by molar-refractivity contribution is 7.89. The minimum absolute atomic E-state index is 0.0850. The molecule has 0 radical (unpaired) electrons. The van der Waals surface area contributed by atoms with Gasteiger partial charge in [-0.05, 0) is 31.5 Å². The van der Waals surface area contributed by atoms with E-state index in [1.54, 1.807) is 6.92 Å². The van der Waals surface area contributed by atoms with Crippen LogP contribution in [0.3, 0.4) is 0 Å². The number of rotatable bonds is 9. The molecule has 0 aliphatic carbocycles. The summed E-state index contributed by atoms with van der Waals surface area (Å²) in [6.07, 6.45) is 0.481. The minimum atomic E-state index is -3.86. The van der Waals surface area contributed by atoms with Gasteiger partial charge in [-0.3, -0.25) is 0 Å². The van der Waals surface area contributed by atoms with Crippen molar-refractivity contribution in [2.75, 3.05) is 26.9 Å². The minimum Gasteiger partial charge on any atom is -0.490 e. The summed E-state index contributed by atoms with van der Waals surface area (Å²) in [4.78, 5) is -0.233.